The molecule has 9 heteroatoms. The van der Waals surface area contributed by atoms with E-state index in [0.29, 0.717) is 0 Å². The summed E-state index contributed by atoms with van der Waals surface area (Å²) in [5, 5.41) is 49.7. The highest BCUT2D eigenvalue weighted by atomic mass is 16.8. The average molecular weight is 301 g/mol. The van der Waals surface area contributed by atoms with Gasteiger partial charge in [0.15, 0.2) is 0 Å². The lowest BCUT2D eigenvalue weighted by Crippen LogP contribution is -2.70. The third kappa shape index (κ3) is 2.69. The summed E-state index contributed by atoms with van der Waals surface area (Å²) in [6, 6.07) is 7.54. The standard InChI is InChI=1S/C12H15NO8/c14-6-8-9(15)10(16)11(17)12(21-8,13(18)19)20-7-4-2-1-3-5-7/h1-5,8-11,14-17H,6H2/t8-,9-,10+,11-,12+/m1/s1. The van der Waals surface area contributed by atoms with Gasteiger partial charge in [-0.25, -0.2) is 0 Å². The molecule has 1 aromatic carbocycles. The molecule has 0 aromatic heterocycles. The van der Waals surface area contributed by atoms with E-state index in [1.54, 1.807) is 18.2 Å². The smallest absolute Gasteiger partial charge is 0.403 e. The van der Waals surface area contributed by atoms with Gasteiger partial charge in [0.2, 0.25) is 6.10 Å². The molecule has 0 saturated carbocycles. The maximum atomic E-state index is 11.3. The van der Waals surface area contributed by atoms with E-state index in [1.807, 2.05) is 0 Å². The van der Waals surface area contributed by atoms with Crippen molar-refractivity contribution in [1.82, 2.24) is 0 Å². The van der Waals surface area contributed by atoms with Crippen molar-refractivity contribution < 1.29 is 34.8 Å². The molecule has 1 fully saturated rings. The van der Waals surface area contributed by atoms with Crippen molar-refractivity contribution >= 4 is 0 Å². The summed E-state index contributed by atoms with van der Waals surface area (Å²) in [5.74, 6) is -2.80. The van der Waals surface area contributed by atoms with E-state index in [0.717, 1.165) is 0 Å². The SMILES string of the molecule is O=[N+]([O-])[C@@]1(Oc2ccccc2)O[C@H](CO)[C@@H](O)[C@H](O)[C@H]1O. The number of ether oxygens (including phenoxy) is 2. The van der Waals surface area contributed by atoms with Gasteiger partial charge in [-0.2, -0.15) is 0 Å². The van der Waals surface area contributed by atoms with Gasteiger partial charge in [-0.05, 0) is 12.1 Å². The molecule has 1 aromatic rings. The van der Waals surface area contributed by atoms with Gasteiger partial charge in [0.1, 0.15) is 29.0 Å². The van der Waals surface area contributed by atoms with Crippen molar-refractivity contribution in [3.05, 3.63) is 40.4 Å². The zero-order valence-corrected chi connectivity index (χ0v) is 10.8. The normalized spacial score (nSPS) is 36.2. The molecule has 4 N–H and O–H groups in total. The second kappa shape index (κ2) is 5.92. The molecule has 0 unspecified atom stereocenters. The monoisotopic (exact) mass is 301 g/mol. The molecule has 1 saturated heterocycles. The molecule has 0 radical (unpaired) electrons. The fraction of sp³-hybridized carbons (Fsp3) is 0.500. The molecule has 0 amide bonds. The molecule has 0 spiro atoms. The molecule has 1 aliphatic rings. The molecular formula is C12H15NO8. The van der Waals surface area contributed by atoms with Crippen LogP contribution in [-0.4, -0.2) is 62.3 Å². The summed E-state index contributed by atoms with van der Waals surface area (Å²) in [6.07, 6.45) is -7.22. The van der Waals surface area contributed by atoms with Crippen molar-refractivity contribution in [3.63, 3.8) is 0 Å². The van der Waals surface area contributed by atoms with Crippen LogP contribution in [0.25, 0.3) is 0 Å². The second-order valence-corrected chi connectivity index (χ2v) is 4.57. The summed E-state index contributed by atoms with van der Waals surface area (Å²) in [5.41, 5.74) is 0. The topological polar surface area (TPSA) is 143 Å². The first kappa shape index (κ1) is 15.6. The average Bonchev–Trinajstić information content (AvgIpc) is 2.48. The Morgan fingerprint density at radius 2 is 1.86 bits per heavy atom. The van der Waals surface area contributed by atoms with Crippen LogP contribution in [-0.2, 0) is 4.74 Å². The van der Waals surface area contributed by atoms with Gasteiger partial charge in [-0.15, -0.1) is 0 Å². The van der Waals surface area contributed by atoms with Crippen LogP contribution in [0.4, 0.5) is 0 Å². The van der Waals surface area contributed by atoms with Gasteiger partial charge in [0.05, 0.1) is 6.61 Å². The number of para-hydroxylation sites is 1. The van der Waals surface area contributed by atoms with E-state index in [9.17, 15) is 25.4 Å². The third-order valence-corrected chi connectivity index (χ3v) is 3.19. The molecule has 0 bridgehead atoms. The Morgan fingerprint density at radius 1 is 1.24 bits per heavy atom. The first-order valence-corrected chi connectivity index (χ1v) is 6.14. The third-order valence-electron chi connectivity index (χ3n) is 3.19. The number of hydrogen-bond acceptors (Lipinski definition) is 8. The summed E-state index contributed by atoms with van der Waals surface area (Å²) in [4.78, 5) is 10.3. The van der Waals surface area contributed by atoms with E-state index in [4.69, 9.17) is 14.6 Å². The van der Waals surface area contributed by atoms with E-state index in [-0.39, 0.29) is 5.75 Å². The van der Waals surface area contributed by atoms with Crippen molar-refractivity contribution in [2.24, 2.45) is 0 Å². The highest BCUT2D eigenvalue weighted by molar-refractivity contribution is 5.21. The molecule has 2 rings (SSSR count). The van der Waals surface area contributed by atoms with Crippen molar-refractivity contribution in [2.45, 2.75) is 30.3 Å². The van der Waals surface area contributed by atoms with Gasteiger partial charge in [0, 0.05) is 0 Å². The van der Waals surface area contributed by atoms with Gasteiger partial charge in [-0.1, -0.05) is 18.2 Å². The van der Waals surface area contributed by atoms with Gasteiger partial charge in [0.25, 0.3) is 0 Å². The van der Waals surface area contributed by atoms with Gasteiger partial charge in [-0.3, -0.25) is 14.9 Å². The van der Waals surface area contributed by atoms with Crippen LogP contribution >= 0.6 is 0 Å². The minimum atomic E-state index is -2.83. The zero-order chi connectivity index (χ0) is 15.6. The largest absolute Gasteiger partial charge is 0.513 e. The minimum Gasteiger partial charge on any atom is -0.403 e. The molecule has 1 heterocycles. The van der Waals surface area contributed by atoms with E-state index in [2.05, 4.69) is 0 Å². The number of nitrogens with zero attached hydrogens (tertiary/aromatic N) is 1. The molecule has 21 heavy (non-hydrogen) atoms. The predicted octanol–water partition coefficient (Wildman–Crippen LogP) is -1.53. The lowest BCUT2D eigenvalue weighted by Gasteiger charge is -2.41. The number of aliphatic hydroxyl groups is 4. The quantitative estimate of drug-likeness (QED) is 0.298. The number of benzene rings is 1. The zero-order valence-electron chi connectivity index (χ0n) is 10.8. The Bertz CT molecular complexity index is 495. The van der Waals surface area contributed by atoms with Crippen molar-refractivity contribution in [3.8, 4) is 5.75 Å². The Balaban J connectivity index is 2.38. The number of nitro groups is 1. The molecule has 5 atom stereocenters. The van der Waals surface area contributed by atoms with Crippen LogP contribution in [0.3, 0.4) is 0 Å². The Kier molecular flexibility index (Phi) is 4.40. The van der Waals surface area contributed by atoms with Gasteiger partial charge >= 0.3 is 5.91 Å². The fourth-order valence-corrected chi connectivity index (χ4v) is 2.05. The van der Waals surface area contributed by atoms with E-state index >= 15 is 0 Å². The lowest BCUT2D eigenvalue weighted by atomic mass is 9.96. The highest BCUT2D eigenvalue weighted by Crippen LogP contribution is 2.33. The van der Waals surface area contributed by atoms with Crippen LogP contribution in [0.2, 0.25) is 0 Å². The van der Waals surface area contributed by atoms with Crippen LogP contribution in [0, 0.1) is 10.1 Å². The predicted molar refractivity (Wildman–Crippen MR) is 66.8 cm³/mol. The number of hydrogen-bond donors (Lipinski definition) is 4. The Hall–Kier alpha value is -1.78. The maximum absolute atomic E-state index is 11.3. The van der Waals surface area contributed by atoms with Crippen molar-refractivity contribution in [2.75, 3.05) is 6.61 Å². The molecule has 116 valence electrons. The molecule has 0 aliphatic carbocycles. The van der Waals surface area contributed by atoms with Crippen LogP contribution in [0.1, 0.15) is 0 Å². The molecule has 9 nitrogen and oxygen atoms in total. The summed E-state index contributed by atoms with van der Waals surface area (Å²) < 4.78 is 10.1. The van der Waals surface area contributed by atoms with E-state index < -0.39 is 41.9 Å². The fourth-order valence-electron chi connectivity index (χ4n) is 2.05. The summed E-state index contributed by atoms with van der Waals surface area (Å²) in [7, 11) is 0. The minimum absolute atomic E-state index is 0.0218. The first-order valence-electron chi connectivity index (χ1n) is 6.14. The second-order valence-electron chi connectivity index (χ2n) is 4.57. The van der Waals surface area contributed by atoms with Crippen LogP contribution in [0.5, 0.6) is 5.75 Å². The summed E-state index contributed by atoms with van der Waals surface area (Å²) in [6.45, 7) is -0.793. The summed E-state index contributed by atoms with van der Waals surface area (Å²) >= 11 is 0. The van der Waals surface area contributed by atoms with E-state index in [1.165, 1.54) is 12.1 Å². The van der Waals surface area contributed by atoms with Crippen LogP contribution in [0.15, 0.2) is 30.3 Å². The molecular weight excluding hydrogens is 286 g/mol. The van der Waals surface area contributed by atoms with Crippen molar-refractivity contribution in [1.29, 1.82) is 0 Å². The Morgan fingerprint density at radius 3 is 2.38 bits per heavy atom. The first-order chi connectivity index (χ1) is 9.92. The van der Waals surface area contributed by atoms with Crippen LogP contribution < -0.4 is 4.74 Å². The maximum Gasteiger partial charge on any atom is 0.513 e. The lowest BCUT2D eigenvalue weighted by molar-refractivity contribution is -0.706. The van der Waals surface area contributed by atoms with Gasteiger partial charge < -0.3 is 25.2 Å². The molecule has 1 aliphatic heterocycles. The number of aliphatic hydroxyl groups excluding tert-OH is 4. The number of rotatable bonds is 4. The highest BCUT2D eigenvalue weighted by Gasteiger charge is 2.65. The Labute approximate surface area is 119 Å².